The van der Waals surface area contributed by atoms with Crippen LogP contribution in [0.3, 0.4) is 0 Å². The van der Waals surface area contributed by atoms with Crippen LogP contribution in [-0.2, 0) is 30.3 Å². The molecule has 1 aromatic carbocycles. The number of fused-ring (bicyclic) bond motifs is 2. The second-order valence-electron chi connectivity index (χ2n) is 11.0. The summed E-state index contributed by atoms with van der Waals surface area (Å²) in [6.07, 6.45) is 2.01. The van der Waals surface area contributed by atoms with Crippen LogP contribution in [0, 0.1) is 5.92 Å². The van der Waals surface area contributed by atoms with Gasteiger partial charge in [0.15, 0.2) is 6.10 Å². The van der Waals surface area contributed by atoms with Gasteiger partial charge in [0.05, 0.1) is 24.8 Å². The number of rotatable bonds is 5. The molecule has 5 amide bonds. The van der Waals surface area contributed by atoms with E-state index in [0.717, 1.165) is 5.56 Å². The molecule has 2 aliphatic rings. The highest BCUT2D eigenvalue weighted by molar-refractivity contribution is 5.96. The molecule has 4 atom stereocenters. The van der Waals surface area contributed by atoms with Crippen LogP contribution in [0.2, 0.25) is 0 Å². The summed E-state index contributed by atoms with van der Waals surface area (Å²) in [5.74, 6) is -2.11. The molecule has 12 heteroatoms. The second kappa shape index (κ2) is 13.4. The van der Waals surface area contributed by atoms with Crippen LogP contribution in [0.25, 0.3) is 0 Å². The number of morpholine rings is 1. The fourth-order valence-electron chi connectivity index (χ4n) is 5.06. The van der Waals surface area contributed by atoms with Gasteiger partial charge in [0.2, 0.25) is 17.7 Å². The molecule has 2 bridgehead atoms. The number of nitrogens with zero attached hydrogens (tertiary/aromatic N) is 2. The van der Waals surface area contributed by atoms with Crippen molar-refractivity contribution in [2.75, 3.05) is 33.2 Å². The Morgan fingerprint density at radius 1 is 1.00 bits per heavy atom. The number of carbonyl (C=O) groups is 5. The molecule has 2 aromatic rings. The zero-order valence-electron chi connectivity index (χ0n) is 23.6. The molecule has 0 saturated carbocycles. The van der Waals surface area contributed by atoms with Crippen LogP contribution in [0.4, 0.5) is 0 Å². The molecule has 41 heavy (non-hydrogen) atoms. The van der Waals surface area contributed by atoms with Gasteiger partial charge in [0, 0.05) is 39.0 Å². The first-order valence-corrected chi connectivity index (χ1v) is 13.8. The number of hydrogen-bond donors (Lipinski definition) is 4. The molecule has 2 fully saturated rings. The zero-order chi connectivity index (χ0) is 29.5. The Kier molecular flexibility index (Phi) is 9.77. The summed E-state index contributed by atoms with van der Waals surface area (Å²) < 4.78 is 6.08. The number of aromatic amines is 1. The predicted octanol–water partition coefficient (Wildman–Crippen LogP) is 0.0709. The molecule has 220 valence electrons. The summed E-state index contributed by atoms with van der Waals surface area (Å²) in [6, 6.07) is 9.05. The van der Waals surface area contributed by atoms with Crippen molar-refractivity contribution in [1.82, 2.24) is 30.7 Å². The van der Waals surface area contributed by atoms with Crippen molar-refractivity contribution in [3.05, 3.63) is 59.9 Å². The fraction of sp³-hybridized carbons (Fsp3) is 0.483. The van der Waals surface area contributed by atoms with Gasteiger partial charge in [0.1, 0.15) is 12.1 Å². The van der Waals surface area contributed by atoms with Gasteiger partial charge < -0.3 is 35.5 Å². The van der Waals surface area contributed by atoms with E-state index in [-0.39, 0.29) is 44.4 Å². The highest BCUT2D eigenvalue weighted by atomic mass is 16.5. The Labute approximate surface area is 239 Å². The van der Waals surface area contributed by atoms with E-state index < -0.39 is 47.9 Å². The number of nitrogens with one attached hydrogen (secondary N) is 4. The molecular formula is C29H38N6O6. The molecule has 0 unspecified atom stereocenters. The molecule has 12 nitrogen and oxygen atoms in total. The van der Waals surface area contributed by atoms with Crippen molar-refractivity contribution in [3.63, 3.8) is 0 Å². The molecule has 1 aromatic heterocycles. The summed E-state index contributed by atoms with van der Waals surface area (Å²) in [7, 11) is 1.48. The number of benzene rings is 1. The average molecular weight is 567 g/mol. The van der Waals surface area contributed by atoms with Crippen molar-refractivity contribution in [2.45, 2.75) is 51.0 Å². The van der Waals surface area contributed by atoms with Gasteiger partial charge in [-0.3, -0.25) is 24.0 Å². The SMILES string of the molecule is CC(C)C[C@@H]1NC(=O)CN(C)C(=O)[C@@H](Cc2ccccc2)NC(=O)[C@H]2CN(C(=O)c3cc[nH]c3)C[C@@H](CNC1=O)O2. The lowest BCUT2D eigenvalue weighted by molar-refractivity contribution is -0.148. The summed E-state index contributed by atoms with van der Waals surface area (Å²) in [6.45, 7) is 3.73. The first-order chi connectivity index (χ1) is 19.6. The summed E-state index contributed by atoms with van der Waals surface area (Å²) >= 11 is 0. The van der Waals surface area contributed by atoms with E-state index in [0.29, 0.717) is 12.0 Å². The quantitative estimate of drug-likeness (QED) is 0.402. The molecular weight excluding hydrogens is 528 g/mol. The van der Waals surface area contributed by atoms with Gasteiger partial charge >= 0.3 is 0 Å². The van der Waals surface area contributed by atoms with Gasteiger partial charge in [-0.05, 0) is 24.0 Å². The van der Waals surface area contributed by atoms with E-state index >= 15 is 0 Å². The second-order valence-corrected chi connectivity index (χ2v) is 11.0. The number of aromatic nitrogens is 1. The standard InChI is InChI=1S/C29H38N6O6/c1-18(2)11-22-26(37)31-14-21-15-35(28(39)20-9-10-30-13-20)16-24(41-21)27(38)33-23(12-19-7-5-4-6-8-19)29(40)34(3)17-25(36)32-22/h4-10,13,18,21-24,30H,11-12,14-17H2,1-3H3,(H,31,37)(H,32,36)(H,33,38)/t21-,22+,23-,24-/m1/s1. The fourth-order valence-corrected chi connectivity index (χ4v) is 5.06. The summed E-state index contributed by atoms with van der Waals surface area (Å²) in [4.78, 5) is 72.0. The van der Waals surface area contributed by atoms with Crippen LogP contribution in [0.5, 0.6) is 0 Å². The third-order valence-corrected chi connectivity index (χ3v) is 7.11. The lowest BCUT2D eigenvalue weighted by Gasteiger charge is -2.38. The maximum atomic E-state index is 13.6. The molecule has 4 rings (SSSR count). The lowest BCUT2D eigenvalue weighted by atomic mass is 10.0. The number of carbonyl (C=O) groups excluding carboxylic acids is 5. The number of likely N-dealkylation sites (N-methyl/N-ethyl adjacent to an activating group) is 1. The number of amides is 5. The Balaban J connectivity index is 1.64. The maximum Gasteiger partial charge on any atom is 0.255 e. The first kappa shape index (κ1) is 29.8. The van der Waals surface area contributed by atoms with Crippen LogP contribution in [0.1, 0.15) is 36.2 Å². The minimum Gasteiger partial charge on any atom is -0.367 e. The van der Waals surface area contributed by atoms with Crippen molar-refractivity contribution >= 4 is 29.5 Å². The molecule has 2 aliphatic heterocycles. The van der Waals surface area contributed by atoms with E-state index in [1.807, 2.05) is 44.2 Å². The van der Waals surface area contributed by atoms with Crippen molar-refractivity contribution in [1.29, 1.82) is 0 Å². The van der Waals surface area contributed by atoms with Gasteiger partial charge in [0.25, 0.3) is 11.8 Å². The molecule has 0 aliphatic carbocycles. The zero-order valence-corrected chi connectivity index (χ0v) is 23.6. The predicted molar refractivity (Wildman–Crippen MR) is 149 cm³/mol. The van der Waals surface area contributed by atoms with Crippen LogP contribution >= 0.6 is 0 Å². The topological polar surface area (TPSA) is 153 Å². The minimum absolute atomic E-state index is 0.0241. The highest BCUT2D eigenvalue weighted by Crippen LogP contribution is 2.17. The Bertz CT molecular complexity index is 1230. The number of ether oxygens (including phenoxy) is 1. The minimum atomic E-state index is -1.08. The monoisotopic (exact) mass is 566 g/mol. The Hall–Kier alpha value is -4.19. The van der Waals surface area contributed by atoms with E-state index in [9.17, 15) is 24.0 Å². The average Bonchev–Trinajstić information content (AvgIpc) is 3.49. The van der Waals surface area contributed by atoms with Gasteiger partial charge in [-0.2, -0.15) is 0 Å². The lowest BCUT2D eigenvalue weighted by Crippen LogP contribution is -2.59. The summed E-state index contributed by atoms with van der Waals surface area (Å²) in [5, 5.41) is 8.38. The van der Waals surface area contributed by atoms with Crippen molar-refractivity contribution in [2.24, 2.45) is 5.92 Å². The van der Waals surface area contributed by atoms with E-state index in [4.69, 9.17) is 4.74 Å². The van der Waals surface area contributed by atoms with Crippen molar-refractivity contribution < 1.29 is 28.7 Å². The summed E-state index contributed by atoms with van der Waals surface area (Å²) in [5.41, 5.74) is 1.25. The van der Waals surface area contributed by atoms with Crippen LogP contribution in [-0.4, -0.2) is 102 Å². The molecule has 0 radical (unpaired) electrons. The highest BCUT2D eigenvalue weighted by Gasteiger charge is 2.38. The van der Waals surface area contributed by atoms with Gasteiger partial charge in [-0.1, -0.05) is 44.2 Å². The number of hydrogen-bond acceptors (Lipinski definition) is 6. The van der Waals surface area contributed by atoms with Crippen LogP contribution in [0.15, 0.2) is 48.8 Å². The van der Waals surface area contributed by atoms with Gasteiger partial charge in [-0.25, -0.2) is 0 Å². The molecule has 0 spiro atoms. The first-order valence-electron chi connectivity index (χ1n) is 13.8. The van der Waals surface area contributed by atoms with Crippen molar-refractivity contribution in [3.8, 4) is 0 Å². The normalized spacial score (nSPS) is 24.7. The van der Waals surface area contributed by atoms with E-state index in [1.165, 1.54) is 16.8 Å². The smallest absolute Gasteiger partial charge is 0.255 e. The third kappa shape index (κ3) is 7.94. The molecule has 4 N–H and O–H groups in total. The molecule has 3 heterocycles. The molecule has 2 saturated heterocycles. The maximum absolute atomic E-state index is 13.6. The Morgan fingerprint density at radius 2 is 1.76 bits per heavy atom. The van der Waals surface area contributed by atoms with E-state index in [2.05, 4.69) is 20.9 Å². The largest absolute Gasteiger partial charge is 0.367 e. The Morgan fingerprint density at radius 3 is 2.44 bits per heavy atom. The van der Waals surface area contributed by atoms with Crippen LogP contribution < -0.4 is 16.0 Å². The van der Waals surface area contributed by atoms with E-state index in [1.54, 1.807) is 18.5 Å². The number of H-pyrrole nitrogens is 1. The third-order valence-electron chi connectivity index (χ3n) is 7.11. The van der Waals surface area contributed by atoms with Gasteiger partial charge in [-0.15, -0.1) is 0 Å².